The van der Waals surface area contributed by atoms with Crippen LogP contribution in [-0.4, -0.2) is 40.7 Å². The summed E-state index contributed by atoms with van der Waals surface area (Å²) >= 11 is 3.29. The third-order valence-electron chi connectivity index (χ3n) is 4.83. The molecule has 0 bridgehead atoms. The Kier molecular flexibility index (Phi) is 7.11. The van der Waals surface area contributed by atoms with Crippen molar-refractivity contribution in [3.8, 4) is 0 Å². The molecule has 0 saturated carbocycles. The van der Waals surface area contributed by atoms with Crippen LogP contribution >= 0.6 is 23.1 Å². The molecule has 0 aliphatic carbocycles. The van der Waals surface area contributed by atoms with Crippen molar-refractivity contribution >= 4 is 29.0 Å². The highest BCUT2D eigenvalue weighted by atomic mass is 32.2. The van der Waals surface area contributed by atoms with E-state index in [-0.39, 0.29) is 5.91 Å². The zero-order valence-electron chi connectivity index (χ0n) is 15.5. The maximum atomic E-state index is 12.2. The molecule has 3 rings (SSSR count). The fourth-order valence-electron chi connectivity index (χ4n) is 3.37. The fourth-order valence-corrected chi connectivity index (χ4v) is 4.83. The van der Waals surface area contributed by atoms with E-state index >= 15 is 0 Å². The summed E-state index contributed by atoms with van der Waals surface area (Å²) in [5.74, 6) is 1.42. The van der Waals surface area contributed by atoms with Crippen molar-refractivity contribution in [3.63, 3.8) is 0 Å². The van der Waals surface area contributed by atoms with Crippen molar-refractivity contribution in [2.24, 2.45) is 0 Å². The molecule has 1 aliphatic rings. The first-order valence-electron chi connectivity index (χ1n) is 9.22. The highest BCUT2D eigenvalue weighted by molar-refractivity contribution is 7.99. The molecule has 1 amide bonds. The molecule has 6 heteroatoms. The second kappa shape index (κ2) is 9.53. The molecule has 1 aromatic heterocycles. The number of aryl methyl sites for hydroxylation is 1. The molecule has 1 unspecified atom stereocenters. The summed E-state index contributed by atoms with van der Waals surface area (Å²) in [6, 6.07) is 9.10. The van der Waals surface area contributed by atoms with Gasteiger partial charge in [0.25, 0.3) is 0 Å². The Bertz CT molecular complexity index is 731. The van der Waals surface area contributed by atoms with E-state index in [0.717, 1.165) is 48.9 Å². The summed E-state index contributed by atoms with van der Waals surface area (Å²) in [5.41, 5.74) is 3.97. The van der Waals surface area contributed by atoms with Gasteiger partial charge in [0.05, 0.1) is 16.5 Å². The number of nitrogens with zero attached hydrogens (tertiary/aromatic N) is 2. The van der Waals surface area contributed by atoms with Crippen molar-refractivity contribution in [2.75, 3.05) is 18.8 Å². The van der Waals surface area contributed by atoms with Gasteiger partial charge in [0.2, 0.25) is 5.91 Å². The highest BCUT2D eigenvalue weighted by Gasteiger charge is 2.22. The van der Waals surface area contributed by atoms with Crippen LogP contribution in [0.25, 0.3) is 0 Å². The quantitative estimate of drug-likeness (QED) is 0.749. The van der Waals surface area contributed by atoms with Gasteiger partial charge in [-0.3, -0.25) is 9.69 Å². The van der Waals surface area contributed by atoms with Crippen LogP contribution in [0, 0.1) is 6.92 Å². The molecule has 0 radical (unpaired) electrons. The molecular weight excluding hydrogens is 362 g/mol. The van der Waals surface area contributed by atoms with E-state index in [1.807, 2.05) is 6.92 Å². The van der Waals surface area contributed by atoms with Crippen LogP contribution in [0.1, 0.15) is 35.2 Å². The molecule has 0 spiro atoms. The third kappa shape index (κ3) is 5.32. The first-order chi connectivity index (χ1) is 12.7. The van der Waals surface area contributed by atoms with Gasteiger partial charge in [-0.05, 0) is 30.9 Å². The lowest BCUT2D eigenvalue weighted by atomic mass is 9.98. The van der Waals surface area contributed by atoms with Gasteiger partial charge in [0.15, 0.2) is 0 Å². The zero-order chi connectivity index (χ0) is 18.4. The molecule has 2 heterocycles. The Morgan fingerprint density at radius 2 is 2.19 bits per heavy atom. The smallest absolute Gasteiger partial charge is 0.230 e. The van der Waals surface area contributed by atoms with Crippen molar-refractivity contribution in [3.05, 3.63) is 51.5 Å². The number of hydrogen-bond acceptors (Lipinski definition) is 5. The van der Waals surface area contributed by atoms with Crippen LogP contribution in [-0.2, 0) is 23.5 Å². The Balaban J connectivity index is 1.41. The number of hydrogen-bond donors (Lipinski definition) is 1. The van der Waals surface area contributed by atoms with Gasteiger partial charge in [0.1, 0.15) is 0 Å². The minimum atomic E-state index is 0.123. The molecule has 0 saturated heterocycles. The molecule has 1 aliphatic heterocycles. The average molecular weight is 390 g/mol. The van der Waals surface area contributed by atoms with Gasteiger partial charge in [-0.1, -0.05) is 31.2 Å². The number of nitrogens with one attached hydrogen (secondary N) is 1. The SMILES string of the molecule is CCC(CNC(=O)CSCc1csc(C)n1)N1CCc2ccccc2C1. The number of aromatic nitrogens is 1. The van der Waals surface area contributed by atoms with Crippen LogP contribution < -0.4 is 5.32 Å². The van der Waals surface area contributed by atoms with Crippen LogP contribution in [0.3, 0.4) is 0 Å². The normalized spacial score (nSPS) is 15.5. The first kappa shape index (κ1) is 19.4. The summed E-state index contributed by atoms with van der Waals surface area (Å²) in [6.45, 7) is 7.01. The lowest BCUT2D eigenvalue weighted by Crippen LogP contribution is -2.46. The van der Waals surface area contributed by atoms with E-state index in [9.17, 15) is 4.79 Å². The first-order valence-corrected chi connectivity index (χ1v) is 11.3. The van der Waals surface area contributed by atoms with Gasteiger partial charge < -0.3 is 5.32 Å². The molecule has 140 valence electrons. The molecule has 1 N–H and O–H groups in total. The number of amides is 1. The number of thiazole rings is 1. The van der Waals surface area contributed by atoms with Crippen LogP contribution in [0.2, 0.25) is 0 Å². The molecule has 0 fully saturated rings. The minimum absolute atomic E-state index is 0.123. The van der Waals surface area contributed by atoms with Crippen molar-refractivity contribution < 1.29 is 4.79 Å². The number of rotatable bonds is 8. The molecular formula is C20H27N3OS2. The van der Waals surface area contributed by atoms with Crippen LogP contribution in [0.4, 0.5) is 0 Å². The van der Waals surface area contributed by atoms with E-state index in [1.165, 1.54) is 11.1 Å². The lowest BCUT2D eigenvalue weighted by Gasteiger charge is -2.35. The number of benzene rings is 1. The Morgan fingerprint density at radius 3 is 2.92 bits per heavy atom. The van der Waals surface area contributed by atoms with Gasteiger partial charge in [-0.25, -0.2) is 4.98 Å². The van der Waals surface area contributed by atoms with Crippen LogP contribution in [0.5, 0.6) is 0 Å². The summed E-state index contributed by atoms with van der Waals surface area (Å²) in [6.07, 6.45) is 2.15. The largest absolute Gasteiger partial charge is 0.354 e. The molecule has 2 aromatic rings. The summed E-state index contributed by atoms with van der Waals surface area (Å²) in [4.78, 5) is 19.1. The molecule has 1 atom stereocenters. The number of carbonyl (C=O) groups excluding carboxylic acids is 1. The summed E-state index contributed by atoms with van der Waals surface area (Å²) in [7, 11) is 0. The number of thioether (sulfide) groups is 1. The second-order valence-electron chi connectivity index (χ2n) is 6.71. The van der Waals surface area contributed by atoms with Gasteiger partial charge in [-0.2, -0.15) is 0 Å². The molecule has 26 heavy (non-hydrogen) atoms. The minimum Gasteiger partial charge on any atom is -0.354 e. The van der Waals surface area contributed by atoms with Crippen molar-refractivity contribution in [2.45, 2.75) is 45.0 Å². The lowest BCUT2D eigenvalue weighted by molar-refractivity contribution is -0.118. The summed E-state index contributed by atoms with van der Waals surface area (Å²) < 4.78 is 0. The average Bonchev–Trinajstić information content (AvgIpc) is 3.07. The van der Waals surface area contributed by atoms with Gasteiger partial charge in [0, 0.05) is 36.8 Å². The van der Waals surface area contributed by atoms with E-state index < -0.39 is 0 Å². The number of fused-ring (bicyclic) bond motifs is 1. The molecule has 1 aromatic carbocycles. The predicted molar refractivity (Wildman–Crippen MR) is 111 cm³/mol. The van der Waals surface area contributed by atoms with Crippen molar-refractivity contribution in [1.29, 1.82) is 0 Å². The molecule has 4 nitrogen and oxygen atoms in total. The zero-order valence-corrected chi connectivity index (χ0v) is 17.2. The standard InChI is InChI=1S/C20H27N3OS2/c1-3-19(23-9-8-16-6-4-5-7-17(16)11-23)10-21-20(24)14-25-12-18-13-26-15(2)22-18/h4-7,13,19H,3,8-12,14H2,1-2H3,(H,21,24). The third-order valence-corrected chi connectivity index (χ3v) is 6.62. The monoisotopic (exact) mass is 389 g/mol. The van der Waals surface area contributed by atoms with Crippen molar-refractivity contribution in [1.82, 2.24) is 15.2 Å². The number of carbonyl (C=O) groups is 1. The van der Waals surface area contributed by atoms with E-state index in [0.29, 0.717) is 11.8 Å². The van der Waals surface area contributed by atoms with E-state index in [1.54, 1.807) is 23.1 Å². The fraction of sp³-hybridized carbons (Fsp3) is 0.500. The maximum absolute atomic E-state index is 12.2. The Hall–Kier alpha value is -1.37. The predicted octanol–water partition coefficient (Wildman–Crippen LogP) is 3.64. The summed E-state index contributed by atoms with van der Waals surface area (Å²) in [5, 5.41) is 6.28. The highest BCUT2D eigenvalue weighted by Crippen LogP contribution is 2.21. The Morgan fingerprint density at radius 1 is 1.38 bits per heavy atom. The Labute approximate surface area is 164 Å². The van der Waals surface area contributed by atoms with Gasteiger partial charge >= 0.3 is 0 Å². The topological polar surface area (TPSA) is 45.2 Å². The second-order valence-corrected chi connectivity index (χ2v) is 8.75. The van der Waals surface area contributed by atoms with E-state index in [2.05, 4.69) is 51.8 Å². The van der Waals surface area contributed by atoms with Gasteiger partial charge in [-0.15, -0.1) is 23.1 Å². The maximum Gasteiger partial charge on any atom is 0.230 e. The van der Waals surface area contributed by atoms with Crippen LogP contribution in [0.15, 0.2) is 29.6 Å². The van der Waals surface area contributed by atoms with E-state index in [4.69, 9.17) is 0 Å².